The molecule has 0 aromatic carbocycles. The van der Waals surface area contributed by atoms with Crippen LogP contribution in [0.4, 0.5) is 0 Å². The number of likely N-dealkylation sites (tertiary alicyclic amines) is 1. The predicted molar refractivity (Wildman–Crippen MR) is 113 cm³/mol. The van der Waals surface area contributed by atoms with Gasteiger partial charge >= 0.3 is 0 Å². The quantitative estimate of drug-likeness (QED) is 0.274. The van der Waals surface area contributed by atoms with Crippen LogP contribution in [-0.4, -0.2) is 36.1 Å². The van der Waals surface area contributed by atoms with E-state index in [0.29, 0.717) is 12.5 Å². The molecular formula is C23H45NO2. The van der Waals surface area contributed by atoms with Gasteiger partial charge in [-0.05, 0) is 38.5 Å². The third-order valence-electron chi connectivity index (χ3n) is 4.98. The second kappa shape index (κ2) is 20.5. The number of unbranched alkanes of at least 4 members (excludes halogenated alkanes) is 12. The zero-order valence-corrected chi connectivity index (χ0v) is 17.7. The third kappa shape index (κ3) is 18.0. The lowest BCUT2D eigenvalue weighted by Gasteiger charge is -2.03. The Balaban J connectivity index is 0.000000735. The van der Waals surface area contributed by atoms with Crippen LogP contribution in [0.3, 0.4) is 0 Å². The molecule has 1 aliphatic heterocycles. The fourth-order valence-electron chi connectivity index (χ4n) is 3.14. The van der Waals surface area contributed by atoms with Gasteiger partial charge in [0.25, 0.3) is 0 Å². The number of aliphatic hydroxyl groups is 1. The van der Waals surface area contributed by atoms with Crippen LogP contribution in [0.2, 0.25) is 0 Å². The van der Waals surface area contributed by atoms with E-state index in [1.54, 1.807) is 4.90 Å². The molecule has 0 unspecified atom stereocenters. The zero-order valence-electron chi connectivity index (χ0n) is 17.7. The highest BCUT2D eigenvalue weighted by atomic mass is 16.2. The second-order valence-electron chi connectivity index (χ2n) is 7.58. The van der Waals surface area contributed by atoms with Crippen molar-refractivity contribution in [1.29, 1.82) is 0 Å². The number of allylic oxidation sites excluding steroid dienone is 2. The minimum atomic E-state index is 0.292. The number of rotatable bonds is 15. The Kier molecular flexibility index (Phi) is 19.8. The van der Waals surface area contributed by atoms with E-state index in [9.17, 15) is 4.79 Å². The lowest BCUT2D eigenvalue weighted by molar-refractivity contribution is -0.126. The predicted octanol–water partition coefficient (Wildman–Crippen LogP) is 6.25. The normalized spacial score (nSPS) is 14.1. The van der Waals surface area contributed by atoms with Gasteiger partial charge in [0.2, 0.25) is 5.91 Å². The highest BCUT2D eigenvalue weighted by molar-refractivity contribution is 5.77. The molecule has 26 heavy (non-hydrogen) atoms. The van der Waals surface area contributed by atoms with Gasteiger partial charge < -0.3 is 10.0 Å². The summed E-state index contributed by atoms with van der Waals surface area (Å²) in [5.41, 5.74) is 0. The van der Waals surface area contributed by atoms with Crippen molar-refractivity contribution in [1.82, 2.24) is 4.90 Å². The van der Waals surface area contributed by atoms with Gasteiger partial charge in [0.1, 0.15) is 0 Å². The number of aliphatic hydroxyl groups excluding tert-OH is 1. The lowest BCUT2D eigenvalue weighted by Crippen LogP contribution is -2.17. The molecule has 0 radical (unpaired) electrons. The van der Waals surface area contributed by atoms with Crippen molar-refractivity contribution < 1.29 is 9.90 Å². The third-order valence-corrected chi connectivity index (χ3v) is 4.98. The number of hydrogen-bond acceptors (Lipinski definition) is 2. The number of carbonyl (C=O) groups excluding carboxylic acids is 1. The van der Waals surface area contributed by atoms with Gasteiger partial charge in [0.05, 0.1) is 0 Å². The van der Waals surface area contributed by atoms with Gasteiger partial charge in [-0.3, -0.25) is 4.79 Å². The van der Waals surface area contributed by atoms with Crippen LogP contribution in [-0.2, 0) is 4.79 Å². The molecule has 1 amide bonds. The van der Waals surface area contributed by atoms with Crippen LogP contribution in [0.5, 0.6) is 0 Å². The summed E-state index contributed by atoms with van der Waals surface area (Å²) in [7, 11) is 1.84. The van der Waals surface area contributed by atoms with Crippen molar-refractivity contribution in [2.45, 2.75) is 110 Å². The molecule has 0 atom stereocenters. The van der Waals surface area contributed by atoms with Gasteiger partial charge in [-0.25, -0.2) is 0 Å². The Morgan fingerprint density at radius 2 is 1.35 bits per heavy atom. The second-order valence-corrected chi connectivity index (χ2v) is 7.58. The van der Waals surface area contributed by atoms with Gasteiger partial charge in [-0.2, -0.15) is 0 Å². The van der Waals surface area contributed by atoms with Gasteiger partial charge in [-0.1, -0.05) is 76.9 Å². The topological polar surface area (TPSA) is 40.5 Å². The lowest BCUT2D eigenvalue weighted by atomic mass is 10.1. The Labute approximate surface area is 163 Å². The van der Waals surface area contributed by atoms with Crippen LogP contribution in [0.1, 0.15) is 110 Å². The number of hydrogen-bond donors (Lipinski definition) is 1. The molecule has 0 bridgehead atoms. The smallest absolute Gasteiger partial charge is 0.222 e. The van der Waals surface area contributed by atoms with E-state index in [1.165, 1.54) is 83.5 Å². The maximum absolute atomic E-state index is 10.5. The van der Waals surface area contributed by atoms with E-state index >= 15 is 0 Å². The Hall–Kier alpha value is -0.830. The van der Waals surface area contributed by atoms with Crippen LogP contribution in [0.15, 0.2) is 12.2 Å². The Morgan fingerprint density at radius 3 is 1.73 bits per heavy atom. The van der Waals surface area contributed by atoms with E-state index in [0.717, 1.165) is 25.8 Å². The fourth-order valence-corrected chi connectivity index (χ4v) is 3.14. The molecule has 1 aliphatic rings. The molecule has 1 heterocycles. The van der Waals surface area contributed by atoms with Crippen LogP contribution >= 0.6 is 0 Å². The minimum Gasteiger partial charge on any atom is -0.396 e. The molecule has 1 saturated heterocycles. The standard InChI is InChI=1S/C18H36O.C5H9NO/c1-2-3-4-5-6-7-8-9-10-11-12-13-14-15-16-17-18-19;1-6-4-2-3-5(6)7/h9-10,19H,2-8,11-18H2,1H3;2-4H2,1H3/b10-9-;. The van der Waals surface area contributed by atoms with E-state index < -0.39 is 0 Å². The molecule has 0 spiro atoms. The van der Waals surface area contributed by atoms with E-state index in [2.05, 4.69) is 19.1 Å². The summed E-state index contributed by atoms with van der Waals surface area (Å²) in [5.74, 6) is 0.292. The molecule has 3 heteroatoms. The summed E-state index contributed by atoms with van der Waals surface area (Å²) >= 11 is 0. The molecule has 1 fully saturated rings. The largest absolute Gasteiger partial charge is 0.396 e. The van der Waals surface area contributed by atoms with Crippen molar-refractivity contribution in [3.05, 3.63) is 12.2 Å². The summed E-state index contributed by atoms with van der Waals surface area (Å²) in [5, 5.41) is 8.66. The first-order chi connectivity index (χ1) is 12.7. The summed E-state index contributed by atoms with van der Waals surface area (Å²) in [6.45, 7) is 3.59. The SMILES string of the molecule is CCCCCCCC/C=C\CCCCCCCCO.CN1CCCC1=O. The van der Waals surface area contributed by atoms with Crippen molar-refractivity contribution in [2.75, 3.05) is 20.2 Å². The number of amides is 1. The van der Waals surface area contributed by atoms with Crippen LogP contribution < -0.4 is 0 Å². The van der Waals surface area contributed by atoms with Crippen molar-refractivity contribution in [3.8, 4) is 0 Å². The summed E-state index contributed by atoms with van der Waals surface area (Å²) < 4.78 is 0. The molecule has 0 aromatic heterocycles. The fraction of sp³-hybridized carbons (Fsp3) is 0.870. The molecule has 0 saturated carbocycles. The number of nitrogens with zero attached hydrogens (tertiary/aromatic N) is 1. The first-order valence-electron chi connectivity index (χ1n) is 11.2. The first-order valence-corrected chi connectivity index (χ1v) is 11.2. The van der Waals surface area contributed by atoms with Crippen LogP contribution in [0.25, 0.3) is 0 Å². The maximum atomic E-state index is 10.5. The molecule has 1 rings (SSSR count). The zero-order chi connectivity index (χ0) is 19.3. The average Bonchev–Trinajstić information content (AvgIpc) is 3.02. The van der Waals surface area contributed by atoms with E-state index in [-0.39, 0.29) is 0 Å². The average molecular weight is 368 g/mol. The molecule has 0 aromatic rings. The summed E-state index contributed by atoms with van der Waals surface area (Å²) in [4.78, 5) is 12.3. The number of carbonyl (C=O) groups is 1. The van der Waals surface area contributed by atoms with Crippen molar-refractivity contribution in [2.24, 2.45) is 0 Å². The van der Waals surface area contributed by atoms with E-state index in [1.807, 2.05) is 7.05 Å². The summed E-state index contributed by atoms with van der Waals surface area (Å²) in [6, 6.07) is 0. The maximum Gasteiger partial charge on any atom is 0.222 e. The Morgan fingerprint density at radius 1 is 0.846 bits per heavy atom. The first kappa shape index (κ1) is 25.2. The van der Waals surface area contributed by atoms with Crippen molar-refractivity contribution in [3.63, 3.8) is 0 Å². The minimum absolute atomic E-state index is 0.292. The molecule has 154 valence electrons. The van der Waals surface area contributed by atoms with Gasteiger partial charge in [0.15, 0.2) is 0 Å². The van der Waals surface area contributed by atoms with Crippen LogP contribution in [0, 0.1) is 0 Å². The van der Waals surface area contributed by atoms with Gasteiger partial charge in [0, 0.05) is 26.6 Å². The van der Waals surface area contributed by atoms with Gasteiger partial charge in [-0.15, -0.1) is 0 Å². The molecule has 3 nitrogen and oxygen atoms in total. The summed E-state index contributed by atoms with van der Waals surface area (Å²) in [6.07, 6.45) is 25.0. The molecule has 0 aliphatic carbocycles. The van der Waals surface area contributed by atoms with E-state index in [4.69, 9.17) is 5.11 Å². The Bertz CT molecular complexity index is 328. The molecule has 1 N–H and O–H groups in total. The highest BCUT2D eigenvalue weighted by Gasteiger charge is 2.14. The highest BCUT2D eigenvalue weighted by Crippen LogP contribution is 2.09. The van der Waals surface area contributed by atoms with Crippen molar-refractivity contribution >= 4 is 5.91 Å². The molecular weight excluding hydrogens is 322 g/mol. The monoisotopic (exact) mass is 367 g/mol.